The molecule has 1 aliphatic carbocycles. The summed E-state index contributed by atoms with van der Waals surface area (Å²) in [7, 11) is 0. The second-order valence-corrected chi connectivity index (χ2v) is 7.15. The van der Waals surface area contributed by atoms with Gasteiger partial charge in [0.2, 0.25) is 17.7 Å². The Bertz CT molecular complexity index is 724. The van der Waals surface area contributed by atoms with Crippen molar-refractivity contribution in [1.82, 2.24) is 4.90 Å². The molecule has 0 bridgehead atoms. The van der Waals surface area contributed by atoms with E-state index in [1.165, 1.54) is 4.90 Å². The van der Waals surface area contributed by atoms with Crippen LogP contribution in [0.2, 0.25) is 0 Å². The number of likely N-dealkylation sites (tertiary alicyclic amines) is 1. The first-order chi connectivity index (χ1) is 13.5. The lowest BCUT2D eigenvalue weighted by Crippen LogP contribution is -2.34. The molecule has 1 saturated carbocycles. The molecule has 0 unspecified atom stereocenters. The number of nitrogens with zero attached hydrogens (tertiary/aromatic N) is 1. The lowest BCUT2D eigenvalue weighted by atomic mass is 9.81. The minimum atomic E-state index is -0.248. The maximum atomic E-state index is 12.5. The van der Waals surface area contributed by atoms with E-state index in [0.29, 0.717) is 30.4 Å². The van der Waals surface area contributed by atoms with Crippen molar-refractivity contribution < 1.29 is 23.9 Å². The molecule has 2 fully saturated rings. The van der Waals surface area contributed by atoms with E-state index in [9.17, 15) is 14.4 Å². The molecule has 0 radical (unpaired) electrons. The number of fused-ring (bicyclic) bond motifs is 1. The predicted octanol–water partition coefficient (Wildman–Crippen LogP) is 2.99. The van der Waals surface area contributed by atoms with Crippen LogP contribution >= 0.6 is 0 Å². The smallest absolute Gasteiger partial charge is 0.233 e. The molecule has 1 aromatic carbocycles. The fourth-order valence-corrected chi connectivity index (χ4v) is 4.02. The number of nitrogens with one attached hydrogen (secondary N) is 1. The number of benzene rings is 1. The standard InChI is InChI=1S/C21H28N2O5/c1-3-27-17-10-9-14(13-18(17)28-4-2)22-19(24)11-12-23-20(25)15-7-5-6-8-16(15)21(23)26/h9-10,13,15-16H,3-8,11-12H2,1-2H3,(H,22,24)/t15-,16-/m0/s1. The van der Waals surface area contributed by atoms with Crippen LogP contribution in [0.15, 0.2) is 18.2 Å². The van der Waals surface area contributed by atoms with E-state index in [4.69, 9.17) is 9.47 Å². The quantitative estimate of drug-likeness (QED) is 0.692. The van der Waals surface area contributed by atoms with Gasteiger partial charge in [-0.05, 0) is 38.8 Å². The number of hydrogen-bond donors (Lipinski definition) is 1. The summed E-state index contributed by atoms with van der Waals surface area (Å²) < 4.78 is 11.1. The highest BCUT2D eigenvalue weighted by molar-refractivity contribution is 6.05. The molecule has 3 amide bonds. The molecule has 1 saturated heterocycles. The van der Waals surface area contributed by atoms with Crippen molar-refractivity contribution in [3.63, 3.8) is 0 Å². The first kappa shape index (κ1) is 20.2. The number of imide groups is 1. The van der Waals surface area contributed by atoms with Gasteiger partial charge in [0.25, 0.3) is 0 Å². The van der Waals surface area contributed by atoms with Gasteiger partial charge in [-0.3, -0.25) is 19.3 Å². The minimum Gasteiger partial charge on any atom is -0.490 e. The lowest BCUT2D eigenvalue weighted by Gasteiger charge is -2.19. The van der Waals surface area contributed by atoms with E-state index in [2.05, 4.69) is 5.32 Å². The fraction of sp³-hybridized carbons (Fsp3) is 0.571. The molecule has 1 aliphatic heterocycles. The van der Waals surface area contributed by atoms with Crippen LogP contribution in [0.1, 0.15) is 46.0 Å². The van der Waals surface area contributed by atoms with Crippen molar-refractivity contribution in [2.75, 3.05) is 25.1 Å². The third-order valence-electron chi connectivity index (χ3n) is 5.32. The molecule has 0 spiro atoms. The lowest BCUT2D eigenvalue weighted by molar-refractivity contribution is -0.140. The van der Waals surface area contributed by atoms with E-state index in [1.807, 2.05) is 13.8 Å². The van der Waals surface area contributed by atoms with E-state index in [0.717, 1.165) is 25.7 Å². The summed E-state index contributed by atoms with van der Waals surface area (Å²) in [6.45, 7) is 4.90. The highest BCUT2D eigenvalue weighted by Gasteiger charge is 2.47. The topological polar surface area (TPSA) is 84.9 Å². The highest BCUT2D eigenvalue weighted by atomic mass is 16.5. The van der Waals surface area contributed by atoms with Crippen LogP contribution in [0, 0.1) is 11.8 Å². The molecular formula is C21H28N2O5. The Kier molecular flexibility index (Phi) is 6.54. The second kappa shape index (κ2) is 9.08. The van der Waals surface area contributed by atoms with E-state index in [1.54, 1.807) is 18.2 Å². The molecule has 2 atom stereocenters. The molecular weight excluding hydrogens is 360 g/mol. The summed E-state index contributed by atoms with van der Waals surface area (Å²) in [5, 5.41) is 2.80. The molecule has 7 heteroatoms. The van der Waals surface area contributed by atoms with Gasteiger partial charge in [-0.25, -0.2) is 0 Å². The van der Waals surface area contributed by atoms with Crippen molar-refractivity contribution in [2.45, 2.75) is 46.0 Å². The van der Waals surface area contributed by atoms with Crippen molar-refractivity contribution >= 4 is 23.4 Å². The first-order valence-electron chi connectivity index (χ1n) is 10.1. The molecule has 0 aromatic heterocycles. The number of ether oxygens (including phenoxy) is 2. The molecule has 1 heterocycles. The van der Waals surface area contributed by atoms with Gasteiger partial charge in [-0.15, -0.1) is 0 Å². The largest absolute Gasteiger partial charge is 0.490 e. The van der Waals surface area contributed by atoms with Gasteiger partial charge in [0.15, 0.2) is 11.5 Å². The van der Waals surface area contributed by atoms with Crippen LogP contribution < -0.4 is 14.8 Å². The average Bonchev–Trinajstić information content (AvgIpc) is 2.93. The van der Waals surface area contributed by atoms with Crippen LogP contribution in [0.25, 0.3) is 0 Å². The summed E-state index contributed by atoms with van der Waals surface area (Å²) in [4.78, 5) is 38.6. The fourth-order valence-electron chi connectivity index (χ4n) is 4.02. The number of anilines is 1. The maximum absolute atomic E-state index is 12.5. The van der Waals surface area contributed by atoms with Gasteiger partial charge in [-0.2, -0.15) is 0 Å². The zero-order chi connectivity index (χ0) is 20.1. The Morgan fingerprint density at radius 2 is 1.64 bits per heavy atom. The van der Waals surface area contributed by atoms with Crippen LogP contribution in [0.4, 0.5) is 5.69 Å². The zero-order valence-corrected chi connectivity index (χ0v) is 16.5. The van der Waals surface area contributed by atoms with Gasteiger partial charge in [-0.1, -0.05) is 12.8 Å². The zero-order valence-electron chi connectivity index (χ0n) is 16.5. The number of carbonyl (C=O) groups excluding carboxylic acids is 3. The molecule has 7 nitrogen and oxygen atoms in total. The summed E-state index contributed by atoms with van der Waals surface area (Å²) in [5.41, 5.74) is 0.588. The summed E-state index contributed by atoms with van der Waals surface area (Å²) in [6, 6.07) is 5.21. The number of carbonyl (C=O) groups is 3. The van der Waals surface area contributed by atoms with Crippen LogP contribution in [0.5, 0.6) is 11.5 Å². The van der Waals surface area contributed by atoms with E-state index < -0.39 is 0 Å². The number of amides is 3. The predicted molar refractivity (Wildman–Crippen MR) is 104 cm³/mol. The van der Waals surface area contributed by atoms with Gasteiger partial charge >= 0.3 is 0 Å². The molecule has 3 rings (SSSR count). The third kappa shape index (κ3) is 4.29. The van der Waals surface area contributed by atoms with Gasteiger partial charge in [0.1, 0.15) is 0 Å². The van der Waals surface area contributed by atoms with Crippen molar-refractivity contribution in [1.29, 1.82) is 0 Å². The van der Waals surface area contributed by atoms with Crippen molar-refractivity contribution in [3.8, 4) is 11.5 Å². The first-order valence-corrected chi connectivity index (χ1v) is 10.1. The monoisotopic (exact) mass is 388 g/mol. The average molecular weight is 388 g/mol. The molecule has 1 N–H and O–H groups in total. The van der Waals surface area contributed by atoms with Crippen LogP contribution in [-0.2, 0) is 14.4 Å². The number of rotatable bonds is 8. The van der Waals surface area contributed by atoms with E-state index in [-0.39, 0.29) is 42.5 Å². The van der Waals surface area contributed by atoms with Crippen molar-refractivity contribution in [2.24, 2.45) is 11.8 Å². The van der Waals surface area contributed by atoms with E-state index >= 15 is 0 Å². The summed E-state index contributed by atoms with van der Waals surface area (Å²) >= 11 is 0. The van der Waals surface area contributed by atoms with Crippen LogP contribution in [0.3, 0.4) is 0 Å². The SMILES string of the molecule is CCOc1ccc(NC(=O)CCN2C(=O)[C@H]3CCCC[C@@H]3C2=O)cc1OCC. The van der Waals surface area contributed by atoms with Gasteiger partial charge in [0.05, 0.1) is 25.0 Å². The summed E-state index contributed by atoms with van der Waals surface area (Å²) in [6.07, 6.45) is 3.63. The molecule has 2 aliphatic rings. The summed E-state index contributed by atoms with van der Waals surface area (Å²) in [5.74, 6) is 0.370. The Morgan fingerprint density at radius 3 is 2.25 bits per heavy atom. The molecule has 152 valence electrons. The minimum absolute atomic E-state index is 0.0775. The normalized spacial score (nSPS) is 21.4. The maximum Gasteiger partial charge on any atom is 0.233 e. The number of hydrogen-bond acceptors (Lipinski definition) is 5. The molecule has 28 heavy (non-hydrogen) atoms. The second-order valence-electron chi connectivity index (χ2n) is 7.15. The highest BCUT2D eigenvalue weighted by Crippen LogP contribution is 2.38. The molecule has 1 aromatic rings. The Hall–Kier alpha value is -2.57. The third-order valence-corrected chi connectivity index (χ3v) is 5.32. The Balaban J connectivity index is 1.58. The Labute approximate surface area is 165 Å². The van der Waals surface area contributed by atoms with Gasteiger partial charge in [0, 0.05) is 24.7 Å². The van der Waals surface area contributed by atoms with Gasteiger partial charge < -0.3 is 14.8 Å². The Morgan fingerprint density at radius 1 is 1.04 bits per heavy atom. The van der Waals surface area contributed by atoms with Crippen LogP contribution in [-0.4, -0.2) is 42.4 Å². The van der Waals surface area contributed by atoms with Crippen molar-refractivity contribution in [3.05, 3.63) is 18.2 Å².